The van der Waals surface area contributed by atoms with E-state index in [1.807, 2.05) is 24.3 Å². The first kappa shape index (κ1) is 15.7. The van der Waals surface area contributed by atoms with Crippen molar-refractivity contribution in [2.75, 3.05) is 25.5 Å². The summed E-state index contributed by atoms with van der Waals surface area (Å²) in [6, 6.07) is 7.97. The molecule has 1 heterocycles. The van der Waals surface area contributed by atoms with Crippen LogP contribution >= 0.6 is 0 Å². The number of nitrogens with one attached hydrogen (secondary N) is 2. The predicted molar refractivity (Wildman–Crippen MR) is 95.4 cm³/mol. The SMILES string of the molecule is COc1cccc(N/C(C)=C\C2(CC3=CCCNCC3)C#C2)c1. The molecule has 23 heavy (non-hydrogen) atoms. The summed E-state index contributed by atoms with van der Waals surface area (Å²) in [5, 5.41) is 6.87. The second-order valence-electron chi connectivity index (χ2n) is 6.23. The van der Waals surface area contributed by atoms with E-state index in [1.165, 1.54) is 5.57 Å². The molecule has 0 aromatic heterocycles. The molecule has 0 radical (unpaired) electrons. The molecule has 120 valence electrons. The van der Waals surface area contributed by atoms with Gasteiger partial charge in [-0.3, -0.25) is 0 Å². The van der Waals surface area contributed by atoms with Crippen LogP contribution in [0.15, 0.2) is 47.7 Å². The molecule has 0 unspecified atom stereocenters. The molecular weight excluding hydrogens is 284 g/mol. The minimum absolute atomic E-state index is 0.105. The number of benzene rings is 1. The zero-order valence-corrected chi connectivity index (χ0v) is 13.9. The van der Waals surface area contributed by atoms with Crippen molar-refractivity contribution in [1.29, 1.82) is 0 Å². The monoisotopic (exact) mass is 308 g/mol. The quantitative estimate of drug-likeness (QED) is 0.621. The van der Waals surface area contributed by atoms with Crippen molar-refractivity contribution in [2.24, 2.45) is 5.41 Å². The molecule has 1 aliphatic carbocycles. The molecule has 2 aliphatic rings. The number of anilines is 1. The average Bonchev–Trinajstić information content (AvgIpc) is 3.33. The van der Waals surface area contributed by atoms with Gasteiger partial charge in [0.25, 0.3) is 0 Å². The van der Waals surface area contributed by atoms with Gasteiger partial charge in [0.05, 0.1) is 7.11 Å². The minimum atomic E-state index is -0.105. The highest BCUT2D eigenvalue weighted by Crippen LogP contribution is 2.37. The summed E-state index contributed by atoms with van der Waals surface area (Å²) in [5.74, 6) is 7.46. The summed E-state index contributed by atoms with van der Waals surface area (Å²) < 4.78 is 5.26. The number of ether oxygens (including phenoxy) is 1. The Bertz CT molecular complexity index is 683. The molecule has 1 aromatic rings. The molecule has 0 amide bonds. The van der Waals surface area contributed by atoms with E-state index in [0.717, 1.165) is 49.5 Å². The standard InChI is InChI=1S/C20H24N2O/c1-16(22-18-6-3-7-19(13-18)23-2)14-20(9-10-20)15-17-5-4-11-21-12-8-17/h3,5-7,13-14,21-22H,4,8,11-12,15H2,1-2H3/b16-14-. The lowest BCUT2D eigenvalue weighted by atomic mass is 9.90. The number of hydrogen-bond donors (Lipinski definition) is 2. The van der Waals surface area contributed by atoms with Gasteiger partial charge in [0.1, 0.15) is 11.2 Å². The molecule has 2 N–H and O–H groups in total. The third-order valence-corrected chi connectivity index (χ3v) is 4.20. The van der Waals surface area contributed by atoms with Gasteiger partial charge in [-0.05, 0) is 57.5 Å². The summed E-state index contributed by atoms with van der Waals surface area (Å²) in [4.78, 5) is 0. The summed E-state index contributed by atoms with van der Waals surface area (Å²) in [5.41, 5.74) is 3.55. The van der Waals surface area contributed by atoms with Crippen molar-refractivity contribution in [3.05, 3.63) is 47.7 Å². The Kier molecular flexibility index (Phi) is 4.73. The lowest BCUT2D eigenvalue weighted by Crippen LogP contribution is -2.14. The van der Waals surface area contributed by atoms with Gasteiger partial charge in [0.15, 0.2) is 0 Å². The van der Waals surface area contributed by atoms with Gasteiger partial charge in [-0.15, -0.1) is 0 Å². The highest BCUT2D eigenvalue weighted by atomic mass is 16.5. The maximum atomic E-state index is 5.26. The molecule has 1 aromatic carbocycles. The minimum Gasteiger partial charge on any atom is -0.497 e. The van der Waals surface area contributed by atoms with Gasteiger partial charge in [-0.2, -0.15) is 0 Å². The van der Waals surface area contributed by atoms with Crippen LogP contribution in [-0.4, -0.2) is 20.2 Å². The second kappa shape index (κ2) is 6.93. The summed E-state index contributed by atoms with van der Waals surface area (Å²) >= 11 is 0. The second-order valence-corrected chi connectivity index (χ2v) is 6.23. The number of rotatable bonds is 6. The molecule has 0 saturated heterocycles. The van der Waals surface area contributed by atoms with Crippen LogP contribution < -0.4 is 15.4 Å². The zero-order valence-electron chi connectivity index (χ0n) is 13.9. The van der Waals surface area contributed by atoms with Crippen LogP contribution in [-0.2, 0) is 0 Å². The van der Waals surface area contributed by atoms with Crippen molar-refractivity contribution in [3.63, 3.8) is 0 Å². The molecule has 1 aliphatic heterocycles. The molecule has 3 rings (SSSR count). The van der Waals surface area contributed by atoms with Crippen LogP contribution in [0.3, 0.4) is 0 Å². The molecular formula is C20H24N2O. The summed E-state index contributed by atoms with van der Waals surface area (Å²) in [7, 11) is 1.68. The first-order valence-electron chi connectivity index (χ1n) is 8.23. The van der Waals surface area contributed by atoms with Crippen molar-refractivity contribution >= 4 is 5.69 Å². The molecule has 0 bridgehead atoms. The fourth-order valence-electron chi connectivity index (χ4n) is 3.00. The lowest BCUT2D eigenvalue weighted by molar-refractivity contribution is 0.415. The van der Waals surface area contributed by atoms with E-state index >= 15 is 0 Å². The van der Waals surface area contributed by atoms with Crippen molar-refractivity contribution in [2.45, 2.75) is 26.2 Å². The Balaban J connectivity index is 1.63. The zero-order chi connectivity index (χ0) is 16.1. The largest absolute Gasteiger partial charge is 0.497 e. The first-order valence-corrected chi connectivity index (χ1v) is 8.23. The summed E-state index contributed by atoms with van der Waals surface area (Å²) in [6.07, 6.45) is 7.86. The Morgan fingerprint density at radius 1 is 1.39 bits per heavy atom. The highest BCUT2D eigenvalue weighted by molar-refractivity contribution is 5.55. The number of hydrogen-bond acceptors (Lipinski definition) is 3. The molecule has 3 nitrogen and oxygen atoms in total. The Morgan fingerprint density at radius 2 is 2.26 bits per heavy atom. The van der Waals surface area contributed by atoms with Crippen molar-refractivity contribution in [1.82, 2.24) is 5.32 Å². The normalized spacial score (nSPS) is 19.0. The maximum absolute atomic E-state index is 5.26. The van der Waals surface area contributed by atoms with E-state index in [4.69, 9.17) is 4.74 Å². The van der Waals surface area contributed by atoms with E-state index < -0.39 is 0 Å². The molecule has 3 heteroatoms. The van der Waals surface area contributed by atoms with Crippen LogP contribution in [0, 0.1) is 17.3 Å². The van der Waals surface area contributed by atoms with Gasteiger partial charge >= 0.3 is 0 Å². The van der Waals surface area contributed by atoms with Gasteiger partial charge in [0, 0.05) is 17.5 Å². The van der Waals surface area contributed by atoms with Gasteiger partial charge < -0.3 is 15.4 Å². The maximum Gasteiger partial charge on any atom is 0.120 e. The smallest absolute Gasteiger partial charge is 0.120 e. The third kappa shape index (κ3) is 4.40. The number of methoxy groups -OCH3 is 1. The molecule has 0 fully saturated rings. The van der Waals surface area contributed by atoms with E-state index in [1.54, 1.807) is 7.11 Å². The molecule has 0 spiro atoms. The number of allylic oxidation sites excluding steroid dienone is 2. The van der Waals surface area contributed by atoms with Crippen LogP contribution in [0.1, 0.15) is 26.2 Å². The van der Waals surface area contributed by atoms with Crippen LogP contribution in [0.4, 0.5) is 5.69 Å². The summed E-state index contributed by atoms with van der Waals surface area (Å²) in [6.45, 7) is 4.25. The molecule has 0 atom stereocenters. The van der Waals surface area contributed by atoms with Crippen LogP contribution in [0.2, 0.25) is 0 Å². The predicted octanol–water partition coefficient (Wildman–Crippen LogP) is 3.71. The Hall–Kier alpha value is -2.18. The fourth-order valence-corrected chi connectivity index (χ4v) is 3.00. The van der Waals surface area contributed by atoms with Crippen LogP contribution in [0.25, 0.3) is 0 Å². The Labute approximate surface area is 138 Å². The fraction of sp³-hybridized carbons (Fsp3) is 0.400. The van der Waals surface area contributed by atoms with Gasteiger partial charge in [0.2, 0.25) is 0 Å². The lowest BCUT2D eigenvalue weighted by Gasteiger charge is -2.15. The van der Waals surface area contributed by atoms with E-state index in [0.29, 0.717) is 0 Å². The van der Waals surface area contributed by atoms with E-state index in [-0.39, 0.29) is 5.41 Å². The van der Waals surface area contributed by atoms with Crippen LogP contribution in [0.5, 0.6) is 5.75 Å². The highest BCUT2D eigenvalue weighted by Gasteiger charge is 2.32. The van der Waals surface area contributed by atoms with E-state index in [9.17, 15) is 0 Å². The van der Waals surface area contributed by atoms with Gasteiger partial charge in [-0.25, -0.2) is 0 Å². The first-order chi connectivity index (χ1) is 11.2. The van der Waals surface area contributed by atoms with Gasteiger partial charge in [-0.1, -0.05) is 29.6 Å². The van der Waals surface area contributed by atoms with Crippen molar-refractivity contribution in [3.8, 4) is 17.6 Å². The topological polar surface area (TPSA) is 33.3 Å². The average molecular weight is 308 g/mol. The molecule has 0 saturated carbocycles. The third-order valence-electron chi connectivity index (χ3n) is 4.20. The Morgan fingerprint density at radius 3 is 3.04 bits per heavy atom. The van der Waals surface area contributed by atoms with E-state index in [2.05, 4.69) is 41.6 Å². The van der Waals surface area contributed by atoms with Crippen molar-refractivity contribution < 1.29 is 4.74 Å².